The predicted molar refractivity (Wildman–Crippen MR) is 58.7 cm³/mol. The van der Waals surface area contributed by atoms with E-state index in [9.17, 15) is 0 Å². The molecule has 2 N–H and O–H groups in total. The van der Waals surface area contributed by atoms with Gasteiger partial charge in [0, 0.05) is 12.7 Å². The van der Waals surface area contributed by atoms with Crippen LogP contribution in [0.2, 0.25) is 0 Å². The fourth-order valence-electron chi connectivity index (χ4n) is 1.30. The minimum absolute atomic E-state index is 0.336. The Balaban J connectivity index is 2.04. The second-order valence-corrected chi connectivity index (χ2v) is 3.51. The number of anilines is 1. The van der Waals surface area contributed by atoms with E-state index in [0.29, 0.717) is 18.2 Å². The summed E-state index contributed by atoms with van der Waals surface area (Å²) in [4.78, 5) is 4.10. The van der Waals surface area contributed by atoms with E-state index in [1.165, 1.54) is 0 Å². The van der Waals surface area contributed by atoms with Gasteiger partial charge in [-0.3, -0.25) is 4.68 Å². The lowest BCUT2D eigenvalue weighted by molar-refractivity contribution is 0.302. The Morgan fingerprint density at radius 2 is 2.25 bits per heavy atom. The number of nitrogen functional groups attached to an aromatic ring is 1. The SMILES string of the molecule is Cc1ccc(OCc2cn(C)nn2)c(N)n1. The maximum atomic E-state index is 5.71. The van der Waals surface area contributed by atoms with Crippen molar-refractivity contribution in [3.8, 4) is 5.75 Å². The molecule has 2 aromatic heterocycles. The Kier molecular flexibility index (Phi) is 2.72. The lowest BCUT2D eigenvalue weighted by atomic mass is 10.3. The molecule has 2 heterocycles. The molecule has 0 aromatic carbocycles. The van der Waals surface area contributed by atoms with Gasteiger partial charge in [0.1, 0.15) is 12.3 Å². The molecule has 6 heteroatoms. The molecule has 0 saturated heterocycles. The van der Waals surface area contributed by atoms with Crippen LogP contribution in [-0.2, 0) is 13.7 Å². The summed E-state index contributed by atoms with van der Waals surface area (Å²) < 4.78 is 7.11. The first-order valence-corrected chi connectivity index (χ1v) is 4.86. The van der Waals surface area contributed by atoms with Crippen LogP contribution in [0.4, 0.5) is 5.82 Å². The third kappa shape index (κ3) is 2.28. The number of hydrogen-bond acceptors (Lipinski definition) is 5. The van der Waals surface area contributed by atoms with Crippen molar-refractivity contribution in [3.63, 3.8) is 0 Å². The van der Waals surface area contributed by atoms with E-state index in [4.69, 9.17) is 10.5 Å². The van der Waals surface area contributed by atoms with Gasteiger partial charge in [-0.15, -0.1) is 5.10 Å². The van der Waals surface area contributed by atoms with Crippen LogP contribution in [0, 0.1) is 6.92 Å². The normalized spacial score (nSPS) is 10.4. The molecular weight excluding hydrogens is 206 g/mol. The molecule has 0 unspecified atom stereocenters. The second-order valence-electron chi connectivity index (χ2n) is 3.51. The highest BCUT2D eigenvalue weighted by molar-refractivity contribution is 5.46. The van der Waals surface area contributed by atoms with Crippen LogP contribution in [0.25, 0.3) is 0 Å². The van der Waals surface area contributed by atoms with Gasteiger partial charge >= 0.3 is 0 Å². The number of nitrogens with zero attached hydrogens (tertiary/aromatic N) is 4. The highest BCUT2D eigenvalue weighted by Crippen LogP contribution is 2.19. The van der Waals surface area contributed by atoms with Gasteiger partial charge in [-0.2, -0.15) is 0 Å². The molecule has 6 nitrogen and oxygen atoms in total. The van der Waals surface area contributed by atoms with Gasteiger partial charge < -0.3 is 10.5 Å². The zero-order chi connectivity index (χ0) is 11.5. The molecule has 0 radical (unpaired) electrons. The Hall–Kier alpha value is -2.11. The molecule has 0 atom stereocenters. The van der Waals surface area contributed by atoms with Gasteiger partial charge in [0.15, 0.2) is 11.6 Å². The molecule has 0 amide bonds. The summed E-state index contributed by atoms with van der Waals surface area (Å²) in [5.74, 6) is 0.958. The maximum absolute atomic E-state index is 5.71. The minimum atomic E-state index is 0.336. The number of aryl methyl sites for hydroxylation is 2. The van der Waals surface area contributed by atoms with Crippen molar-refractivity contribution in [2.24, 2.45) is 7.05 Å². The van der Waals surface area contributed by atoms with E-state index in [-0.39, 0.29) is 0 Å². The maximum Gasteiger partial charge on any atom is 0.166 e. The zero-order valence-electron chi connectivity index (χ0n) is 9.21. The van der Waals surface area contributed by atoms with Gasteiger partial charge in [0.2, 0.25) is 0 Å². The van der Waals surface area contributed by atoms with Gasteiger partial charge in [0.25, 0.3) is 0 Å². The lowest BCUT2D eigenvalue weighted by Crippen LogP contribution is -2.01. The molecule has 0 spiro atoms. The number of aromatic nitrogens is 4. The standard InChI is InChI=1S/C10H13N5O/c1-7-3-4-9(10(11)12-7)16-6-8-5-15(2)14-13-8/h3-5H,6H2,1-2H3,(H2,11,12). The van der Waals surface area contributed by atoms with Gasteiger partial charge in [-0.1, -0.05) is 5.21 Å². The molecule has 0 fully saturated rings. The smallest absolute Gasteiger partial charge is 0.166 e. The third-order valence-corrected chi connectivity index (χ3v) is 2.05. The zero-order valence-corrected chi connectivity index (χ0v) is 9.21. The van der Waals surface area contributed by atoms with E-state index in [1.807, 2.05) is 13.0 Å². The quantitative estimate of drug-likeness (QED) is 0.821. The summed E-state index contributed by atoms with van der Waals surface area (Å²) in [5, 5.41) is 7.71. The van der Waals surface area contributed by atoms with Crippen LogP contribution in [-0.4, -0.2) is 20.0 Å². The van der Waals surface area contributed by atoms with E-state index in [2.05, 4.69) is 15.3 Å². The van der Waals surface area contributed by atoms with Gasteiger partial charge in [-0.05, 0) is 19.1 Å². The largest absolute Gasteiger partial charge is 0.483 e. The molecule has 0 bridgehead atoms. The number of nitrogens with two attached hydrogens (primary N) is 1. The topological polar surface area (TPSA) is 78.8 Å². The van der Waals surface area contributed by atoms with Crippen LogP contribution in [0.5, 0.6) is 5.75 Å². The first-order chi connectivity index (χ1) is 7.65. The van der Waals surface area contributed by atoms with Crippen LogP contribution < -0.4 is 10.5 Å². The van der Waals surface area contributed by atoms with Gasteiger partial charge in [0.05, 0.1) is 6.20 Å². The molecule has 0 aliphatic heterocycles. The summed E-state index contributed by atoms with van der Waals surface area (Å²) in [6.07, 6.45) is 1.79. The lowest BCUT2D eigenvalue weighted by Gasteiger charge is -2.06. The fraction of sp³-hybridized carbons (Fsp3) is 0.300. The highest BCUT2D eigenvalue weighted by Gasteiger charge is 2.04. The average molecular weight is 219 g/mol. The molecule has 2 rings (SSSR count). The summed E-state index contributed by atoms with van der Waals surface area (Å²) in [6.45, 7) is 2.21. The predicted octanol–water partition coefficient (Wildman–Crippen LogP) is 0.680. The molecule has 0 saturated carbocycles. The molecule has 0 aliphatic carbocycles. The van der Waals surface area contributed by atoms with Crippen molar-refractivity contribution in [3.05, 3.63) is 29.7 Å². The molecule has 84 valence electrons. The summed E-state index contributed by atoms with van der Waals surface area (Å²) >= 11 is 0. The van der Waals surface area contributed by atoms with Crippen molar-refractivity contribution in [2.45, 2.75) is 13.5 Å². The van der Waals surface area contributed by atoms with Crippen molar-refractivity contribution in [1.29, 1.82) is 0 Å². The summed E-state index contributed by atoms with van der Waals surface area (Å²) in [5.41, 5.74) is 7.33. The monoisotopic (exact) mass is 219 g/mol. The molecule has 16 heavy (non-hydrogen) atoms. The fourth-order valence-corrected chi connectivity index (χ4v) is 1.30. The van der Waals surface area contributed by atoms with E-state index in [0.717, 1.165) is 11.4 Å². The molecular formula is C10H13N5O. The third-order valence-electron chi connectivity index (χ3n) is 2.05. The minimum Gasteiger partial charge on any atom is -0.483 e. The number of ether oxygens (including phenoxy) is 1. The summed E-state index contributed by atoms with van der Waals surface area (Å²) in [6, 6.07) is 3.65. The highest BCUT2D eigenvalue weighted by atomic mass is 16.5. The Morgan fingerprint density at radius 3 is 2.88 bits per heavy atom. The first-order valence-electron chi connectivity index (χ1n) is 4.86. The van der Waals surface area contributed by atoms with Crippen LogP contribution >= 0.6 is 0 Å². The number of pyridine rings is 1. The van der Waals surface area contributed by atoms with Crippen molar-refractivity contribution in [2.75, 3.05) is 5.73 Å². The first kappa shape index (κ1) is 10.4. The van der Waals surface area contributed by atoms with Crippen LogP contribution in [0.3, 0.4) is 0 Å². The molecule has 2 aromatic rings. The summed E-state index contributed by atoms with van der Waals surface area (Å²) in [7, 11) is 1.80. The van der Waals surface area contributed by atoms with Crippen molar-refractivity contribution < 1.29 is 4.74 Å². The van der Waals surface area contributed by atoms with Crippen LogP contribution in [0.15, 0.2) is 18.3 Å². The van der Waals surface area contributed by atoms with E-state index in [1.54, 1.807) is 24.0 Å². The Labute approximate surface area is 93.1 Å². The second kappa shape index (κ2) is 4.18. The van der Waals surface area contributed by atoms with E-state index < -0.39 is 0 Å². The molecule has 0 aliphatic rings. The van der Waals surface area contributed by atoms with Crippen molar-refractivity contribution >= 4 is 5.82 Å². The van der Waals surface area contributed by atoms with Crippen LogP contribution in [0.1, 0.15) is 11.4 Å². The average Bonchev–Trinajstić information content (AvgIpc) is 2.63. The van der Waals surface area contributed by atoms with Gasteiger partial charge in [-0.25, -0.2) is 4.98 Å². The number of hydrogen-bond donors (Lipinski definition) is 1. The van der Waals surface area contributed by atoms with E-state index >= 15 is 0 Å². The number of rotatable bonds is 3. The Morgan fingerprint density at radius 1 is 1.44 bits per heavy atom. The van der Waals surface area contributed by atoms with Crippen molar-refractivity contribution in [1.82, 2.24) is 20.0 Å². The Bertz CT molecular complexity index is 494.